The van der Waals surface area contributed by atoms with E-state index >= 15 is 0 Å². The topological polar surface area (TPSA) is 111 Å². The summed E-state index contributed by atoms with van der Waals surface area (Å²) in [5.74, 6) is 0.224. The smallest absolute Gasteiger partial charge is 0.221 e. The Labute approximate surface area is 172 Å². The number of hydrogen-bond donors (Lipinski definition) is 5. The molecule has 150 valence electrons. The number of benzene rings is 1. The number of nitrogens with zero attached hydrogens (tertiary/aromatic N) is 2. The van der Waals surface area contributed by atoms with Gasteiger partial charge < -0.3 is 15.7 Å². The van der Waals surface area contributed by atoms with Crippen molar-refractivity contribution in [1.82, 2.24) is 21.0 Å². The molecule has 1 aromatic heterocycles. The molecular weight excluding hydrogens is 400 g/mol. The van der Waals surface area contributed by atoms with Gasteiger partial charge in [-0.15, -0.1) is 21.8 Å². The number of alkyl halides is 1. The van der Waals surface area contributed by atoms with E-state index in [-0.39, 0.29) is 23.9 Å². The molecule has 10 heteroatoms. The van der Waals surface area contributed by atoms with Crippen LogP contribution < -0.4 is 21.5 Å². The third-order valence-electron chi connectivity index (χ3n) is 5.20. The Morgan fingerprint density at radius 1 is 1.36 bits per heavy atom. The van der Waals surface area contributed by atoms with E-state index < -0.39 is 0 Å². The van der Waals surface area contributed by atoms with Crippen molar-refractivity contribution in [3.05, 3.63) is 23.8 Å². The van der Waals surface area contributed by atoms with Crippen molar-refractivity contribution in [2.24, 2.45) is 5.92 Å². The Morgan fingerprint density at radius 2 is 2.21 bits per heavy atom. The number of amides is 1. The first-order valence-electron chi connectivity index (χ1n) is 9.29. The summed E-state index contributed by atoms with van der Waals surface area (Å²) in [5.41, 5.74) is 8.61. The van der Waals surface area contributed by atoms with Crippen LogP contribution in [0, 0.1) is 5.92 Å². The van der Waals surface area contributed by atoms with Gasteiger partial charge in [-0.1, -0.05) is 11.3 Å². The van der Waals surface area contributed by atoms with Gasteiger partial charge in [-0.05, 0) is 36.6 Å². The van der Waals surface area contributed by atoms with Crippen molar-refractivity contribution in [1.29, 1.82) is 0 Å². The van der Waals surface area contributed by atoms with Crippen LogP contribution in [-0.4, -0.2) is 45.2 Å². The van der Waals surface area contributed by atoms with Gasteiger partial charge in [-0.2, -0.15) is 0 Å². The number of halogens is 1. The average molecular weight is 423 g/mol. The summed E-state index contributed by atoms with van der Waals surface area (Å²) in [6.07, 6.45) is 2.02. The van der Waals surface area contributed by atoms with Gasteiger partial charge >= 0.3 is 0 Å². The van der Waals surface area contributed by atoms with Crippen molar-refractivity contribution >= 4 is 39.7 Å². The Hall–Kier alpha value is -1.78. The van der Waals surface area contributed by atoms with Gasteiger partial charge in [0, 0.05) is 42.7 Å². The molecule has 2 aliphatic rings. The molecule has 0 radical (unpaired) electrons. The molecule has 4 atom stereocenters. The van der Waals surface area contributed by atoms with Gasteiger partial charge in [0.25, 0.3) is 0 Å². The first-order valence-corrected chi connectivity index (χ1v) is 10.5. The monoisotopic (exact) mass is 422 g/mol. The number of aliphatic hydroxyl groups is 1. The Balaban J connectivity index is 1.50. The number of carbonyl (C=O) groups excluding carboxylic acids is 1. The second kappa shape index (κ2) is 8.30. The number of nitrogens with one attached hydrogen (secondary N) is 4. The van der Waals surface area contributed by atoms with Gasteiger partial charge in [0.05, 0.1) is 12.0 Å². The van der Waals surface area contributed by atoms with E-state index in [0.717, 1.165) is 30.1 Å². The first-order chi connectivity index (χ1) is 13.5. The molecule has 4 unspecified atom stereocenters. The molecule has 2 fully saturated rings. The van der Waals surface area contributed by atoms with Gasteiger partial charge in [0.15, 0.2) is 0 Å². The molecule has 28 heavy (non-hydrogen) atoms. The van der Waals surface area contributed by atoms with E-state index in [9.17, 15) is 9.90 Å². The Morgan fingerprint density at radius 3 is 3.00 bits per heavy atom. The molecule has 1 aliphatic carbocycles. The summed E-state index contributed by atoms with van der Waals surface area (Å²) >= 11 is 8.15. The lowest BCUT2D eigenvalue weighted by Gasteiger charge is -2.35. The van der Waals surface area contributed by atoms with Crippen LogP contribution in [0.5, 0.6) is 0 Å². The number of aromatic nitrogens is 2. The van der Waals surface area contributed by atoms with Gasteiger partial charge in [0.2, 0.25) is 11.0 Å². The van der Waals surface area contributed by atoms with Crippen LogP contribution in [0.1, 0.15) is 25.3 Å². The van der Waals surface area contributed by atoms with Gasteiger partial charge in [-0.3, -0.25) is 15.6 Å². The summed E-state index contributed by atoms with van der Waals surface area (Å²) in [4.78, 5) is 11.4. The third-order valence-corrected chi connectivity index (χ3v) is 6.73. The van der Waals surface area contributed by atoms with Crippen LogP contribution in [0.3, 0.4) is 0 Å². The number of fused-ring (bicyclic) bond motifs is 1. The van der Waals surface area contributed by atoms with Crippen LogP contribution in [0.15, 0.2) is 18.2 Å². The van der Waals surface area contributed by atoms with E-state index in [1.807, 2.05) is 12.1 Å². The zero-order valence-electron chi connectivity index (χ0n) is 15.4. The van der Waals surface area contributed by atoms with Crippen molar-refractivity contribution in [2.45, 2.75) is 43.8 Å². The highest BCUT2D eigenvalue weighted by atomic mass is 35.5. The molecule has 1 saturated carbocycles. The zero-order chi connectivity index (χ0) is 19.7. The van der Waals surface area contributed by atoms with Crippen molar-refractivity contribution in [3.8, 4) is 10.6 Å². The highest BCUT2D eigenvalue weighted by Gasteiger charge is 2.41. The molecule has 8 nitrogen and oxygen atoms in total. The van der Waals surface area contributed by atoms with E-state index in [4.69, 9.17) is 11.6 Å². The van der Waals surface area contributed by atoms with E-state index in [0.29, 0.717) is 28.2 Å². The Bertz CT molecular complexity index is 862. The maximum atomic E-state index is 11.4. The average Bonchev–Trinajstić information content (AvgIpc) is 3.33. The molecule has 0 spiro atoms. The minimum atomic E-state index is -0.166. The van der Waals surface area contributed by atoms with E-state index in [2.05, 4.69) is 31.7 Å². The fraction of sp³-hybridized carbons (Fsp3) is 0.500. The largest absolute Gasteiger partial charge is 0.392 e. The highest BCUT2D eigenvalue weighted by Crippen LogP contribution is 2.35. The predicted octanol–water partition coefficient (Wildman–Crippen LogP) is 1.93. The summed E-state index contributed by atoms with van der Waals surface area (Å²) in [7, 11) is 0. The van der Waals surface area contributed by atoms with Crippen LogP contribution in [0.2, 0.25) is 0 Å². The summed E-state index contributed by atoms with van der Waals surface area (Å²) in [6.45, 7) is 2.20. The summed E-state index contributed by atoms with van der Waals surface area (Å²) < 4.78 is 0. The van der Waals surface area contributed by atoms with Crippen molar-refractivity contribution in [2.75, 3.05) is 17.2 Å². The molecular formula is C18H23ClN6O2S. The molecule has 1 amide bonds. The van der Waals surface area contributed by atoms with Crippen LogP contribution >= 0.6 is 22.9 Å². The van der Waals surface area contributed by atoms with Crippen LogP contribution in [-0.2, 0) is 11.4 Å². The summed E-state index contributed by atoms with van der Waals surface area (Å²) in [6, 6.07) is 5.99. The molecule has 1 aromatic carbocycles. The summed E-state index contributed by atoms with van der Waals surface area (Å²) in [5, 5.41) is 25.7. The van der Waals surface area contributed by atoms with Crippen LogP contribution in [0.25, 0.3) is 10.6 Å². The van der Waals surface area contributed by atoms with E-state index in [1.165, 1.54) is 18.3 Å². The molecule has 1 aliphatic heterocycles. The molecule has 0 bridgehead atoms. The van der Waals surface area contributed by atoms with Gasteiger partial charge in [0.1, 0.15) is 5.01 Å². The second-order valence-corrected chi connectivity index (χ2v) is 8.72. The van der Waals surface area contributed by atoms with Crippen molar-refractivity contribution in [3.63, 3.8) is 0 Å². The number of hydrazine groups is 1. The third kappa shape index (κ3) is 4.13. The lowest BCUT2D eigenvalue weighted by atomic mass is 9.82. The minimum absolute atomic E-state index is 0.0117. The zero-order valence-corrected chi connectivity index (χ0v) is 17.0. The molecule has 2 heterocycles. The molecule has 2 aromatic rings. The first kappa shape index (κ1) is 19.5. The second-order valence-electron chi connectivity index (χ2n) is 7.24. The standard InChI is InChI=1S/C18H23ClN6O2S/c1-9(27)21-12-5-10(8-26)4-11(6-12)17-24-25-18(28-17)22-15-3-2-14-13(16(15)19)7-20-23-14/h4-6,13-16,20,23,26H,2-3,7-8H2,1H3,(H,21,27)(H,22,25). The van der Waals surface area contributed by atoms with Crippen LogP contribution in [0.4, 0.5) is 10.8 Å². The maximum Gasteiger partial charge on any atom is 0.221 e. The number of hydrogen-bond acceptors (Lipinski definition) is 8. The highest BCUT2D eigenvalue weighted by molar-refractivity contribution is 7.18. The SMILES string of the molecule is CC(=O)Nc1cc(CO)cc(-c2nnc(NC3CCC4NNCC4C3Cl)s2)c1. The number of aliphatic hydroxyl groups excluding tert-OH is 1. The number of anilines is 2. The fourth-order valence-corrected chi connectivity index (χ4v) is 5.13. The maximum absolute atomic E-state index is 11.4. The van der Waals surface area contributed by atoms with Gasteiger partial charge in [-0.25, -0.2) is 0 Å². The Kier molecular flexibility index (Phi) is 5.79. The normalized spacial score (nSPS) is 26.7. The number of carbonyl (C=O) groups is 1. The predicted molar refractivity (Wildman–Crippen MR) is 110 cm³/mol. The molecule has 4 rings (SSSR count). The molecule has 5 N–H and O–H groups in total. The fourth-order valence-electron chi connectivity index (χ4n) is 3.89. The van der Waals surface area contributed by atoms with E-state index in [1.54, 1.807) is 6.07 Å². The number of rotatable bonds is 5. The lowest BCUT2D eigenvalue weighted by Crippen LogP contribution is -2.47. The minimum Gasteiger partial charge on any atom is -0.392 e. The van der Waals surface area contributed by atoms with Crippen molar-refractivity contribution < 1.29 is 9.90 Å². The lowest BCUT2D eigenvalue weighted by molar-refractivity contribution is -0.114. The quantitative estimate of drug-likeness (QED) is 0.468. The molecule has 1 saturated heterocycles.